The topological polar surface area (TPSA) is 70.6 Å². The van der Waals surface area contributed by atoms with Crippen LogP contribution in [0, 0.1) is 0 Å². The van der Waals surface area contributed by atoms with Crippen LogP contribution < -0.4 is 15.0 Å². The third-order valence-electron chi connectivity index (χ3n) is 3.80. The smallest absolute Gasteiger partial charge is 0.317 e. The van der Waals surface area contributed by atoms with E-state index in [1.54, 1.807) is 16.2 Å². The standard InChI is InChI=1S/C16H21N5O2S/c1-20(2)14-5-6-15(19-18-14)23-12-7-8-21(11-12)16(22)17-10-13-4-3-9-24-13/h3-6,9,12H,7-8,10-11H2,1-2H3,(H,17,22)/t12-/m1/s1. The van der Waals surface area contributed by atoms with Gasteiger partial charge in [-0.1, -0.05) is 6.07 Å². The number of urea groups is 1. The summed E-state index contributed by atoms with van der Waals surface area (Å²) in [6.45, 7) is 1.81. The van der Waals surface area contributed by atoms with Crippen molar-refractivity contribution < 1.29 is 9.53 Å². The molecule has 8 heteroatoms. The SMILES string of the molecule is CN(C)c1ccc(O[C@@H]2CCN(C(=O)NCc3cccs3)C2)nn1. The van der Waals surface area contributed by atoms with E-state index in [9.17, 15) is 4.79 Å². The van der Waals surface area contributed by atoms with Gasteiger partial charge in [-0.3, -0.25) is 0 Å². The first-order valence-corrected chi connectivity index (χ1v) is 8.72. The van der Waals surface area contributed by atoms with Gasteiger partial charge < -0.3 is 19.9 Å². The van der Waals surface area contributed by atoms with Crippen molar-refractivity contribution in [2.75, 3.05) is 32.1 Å². The first-order chi connectivity index (χ1) is 11.6. The van der Waals surface area contributed by atoms with Gasteiger partial charge in [0.15, 0.2) is 5.82 Å². The van der Waals surface area contributed by atoms with Gasteiger partial charge in [-0.05, 0) is 17.5 Å². The Morgan fingerprint density at radius 2 is 2.29 bits per heavy atom. The van der Waals surface area contributed by atoms with Gasteiger partial charge in [-0.2, -0.15) is 0 Å². The highest BCUT2D eigenvalue weighted by Crippen LogP contribution is 2.18. The predicted octanol–water partition coefficient (Wildman–Crippen LogP) is 1.97. The van der Waals surface area contributed by atoms with Gasteiger partial charge in [0.1, 0.15) is 6.10 Å². The van der Waals surface area contributed by atoms with Crippen LogP contribution in [0.4, 0.5) is 10.6 Å². The highest BCUT2D eigenvalue weighted by atomic mass is 32.1. The molecule has 1 aliphatic rings. The van der Waals surface area contributed by atoms with Crippen molar-refractivity contribution in [3.05, 3.63) is 34.5 Å². The van der Waals surface area contributed by atoms with Gasteiger partial charge in [0.05, 0.1) is 13.1 Å². The average Bonchev–Trinajstić information content (AvgIpc) is 3.25. The molecule has 0 aliphatic carbocycles. The number of aromatic nitrogens is 2. The van der Waals surface area contributed by atoms with Crippen molar-refractivity contribution in [2.45, 2.75) is 19.1 Å². The Balaban J connectivity index is 1.47. The van der Waals surface area contributed by atoms with Crippen LogP contribution in [0.3, 0.4) is 0 Å². The number of carbonyl (C=O) groups excluding carboxylic acids is 1. The number of nitrogens with one attached hydrogen (secondary N) is 1. The molecule has 128 valence electrons. The summed E-state index contributed by atoms with van der Waals surface area (Å²) in [5.74, 6) is 1.27. The number of hydrogen-bond acceptors (Lipinski definition) is 6. The molecule has 7 nitrogen and oxygen atoms in total. The number of likely N-dealkylation sites (tertiary alicyclic amines) is 1. The zero-order chi connectivity index (χ0) is 16.9. The lowest BCUT2D eigenvalue weighted by Gasteiger charge is -2.17. The fraction of sp³-hybridized carbons (Fsp3) is 0.438. The van der Waals surface area contributed by atoms with E-state index in [1.807, 2.05) is 48.6 Å². The molecule has 24 heavy (non-hydrogen) atoms. The lowest BCUT2D eigenvalue weighted by atomic mass is 10.3. The van der Waals surface area contributed by atoms with Crippen molar-refractivity contribution in [3.63, 3.8) is 0 Å². The lowest BCUT2D eigenvalue weighted by Crippen LogP contribution is -2.38. The summed E-state index contributed by atoms with van der Waals surface area (Å²) in [5.41, 5.74) is 0. The van der Waals surface area contributed by atoms with Crippen molar-refractivity contribution in [2.24, 2.45) is 0 Å². The fourth-order valence-electron chi connectivity index (χ4n) is 2.48. The van der Waals surface area contributed by atoms with Gasteiger partial charge >= 0.3 is 6.03 Å². The minimum Gasteiger partial charge on any atom is -0.471 e. The molecule has 0 spiro atoms. The van der Waals surface area contributed by atoms with Crippen LogP contribution in [0.5, 0.6) is 5.88 Å². The molecule has 1 aliphatic heterocycles. The average molecular weight is 347 g/mol. The monoisotopic (exact) mass is 347 g/mol. The summed E-state index contributed by atoms with van der Waals surface area (Å²) in [4.78, 5) is 17.0. The molecule has 1 atom stereocenters. The zero-order valence-corrected chi connectivity index (χ0v) is 14.6. The largest absolute Gasteiger partial charge is 0.471 e. The van der Waals surface area contributed by atoms with E-state index < -0.39 is 0 Å². The number of hydrogen-bond donors (Lipinski definition) is 1. The molecule has 0 aromatic carbocycles. The van der Waals surface area contributed by atoms with E-state index >= 15 is 0 Å². The minimum absolute atomic E-state index is 0.0445. The van der Waals surface area contributed by atoms with Gasteiger partial charge in [0.2, 0.25) is 5.88 Å². The van der Waals surface area contributed by atoms with E-state index in [2.05, 4.69) is 15.5 Å². The van der Waals surface area contributed by atoms with E-state index in [-0.39, 0.29) is 12.1 Å². The van der Waals surface area contributed by atoms with Crippen molar-refractivity contribution in [3.8, 4) is 5.88 Å². The summed E-state index contributed by atoms with van der Waals surface area (Å²) >= 11 is 1.64. The summed E-state index contributed by atoms with van der Waals surface area (Å²) in [6, 6.07) is 7.61. The fourth-order valence-corrected chi connectivity index (χ4v) is 3.13. The molecule has 0 radical (unpaired) electrons. The molecule has 0 saturated carbocycles. The number of ether oxygens (including phenoxy) is 1. The molecule has 0 unspecified atom stereocenters. The van der Waals surface area contributed by atoms with Gasteiger partial charge in [0.25, 0.3) is 0 Å². The van der Waals surface area contributed by atoms with Crippen LogP contribution in [0.15, 0.2) is 29.6 Å². The van der Waals surface area contributed by atoms with Crippen molar-refractivity contribution in [1.82, 2.24) is 20.4 Å². The number of carbonyl (C=O) groups is 1. The summed E-state index contributed by atoms with van der Waals surface area (Å²) in [6.07, 6.45) is 0.751. The Kier molecular flexibility index (Phi) is 5.14. The van der Waals surface area contributed by atoms with Crippen molar-refractivity contribution >= 4 is 23.2 Å². The Morgan fingerprint density at radius 3 is 2.96 bits per heavy atom. The van der Waals surface area contributed by atoms with Crippen LogP contribution in [0.25, 0.3) is 0 Å². The Bertz CT molecular complexity index is 660. The summed E-state index contributed by atoms with van der Waals surface area (Å²) in [7, 11) is 3.82. The molecule has 2 amide bonds. The predicted molar refractivity (Wildman–Crippen MR) is 93.5 cm³/mol. The Morgan fingerprint density at radius 1 is 1.42 bits per heavy atom. The second-order valence-electron chi connectivity index (χ2n) is 5.84. The second kappa shape index (κ2) is 7.48. The molecular weight excluding hydrogens is 326 g/mol. The van der Waals surface area contributed by atoms with Crippen LogP contribution in [-0.4, -0.2) is 54.4 Å². The molecular formula is C16H21N5O2S. The maximum atomic E-state index is 12.2. The highest BCUT2D eigenvalue weighted by molar-refractivity contribution is 7.09. The van der Waals surface area contributed by atoms with E-state index in [0.717, 1.165) is 17.1 Å². The Hall–Kier alpha value is -2.35. The number of anilines is 1. The minimum atomic E-state index is -0.0523. The van der Waals surface area contributed by atoms with Crippen LogP contribution in [0.2, 0.25) is 0 Å². The molecule has 1 saturated heterocycles. The number of thiophene rings is 1. The van der Waals surface area contributed by atoms with E-state index in [4.69, 9.17) is 4.74 Å². The third kappa shape index (κ3) is 4.14. The van der Waals surface area contributed by atoms with E-state index in [0.29, 0.717) is 25.5 Å². The van der Waals surface area contributed by atoms with Gasteiger partial charge in [0, 0.05) is 38.0 Å². The maximum absolute atomic E-state index is 12.2. The number of amides is 2. The first-order valence-electron chi connectivity index (χ1n) is 7.84. The Labute approximate surface area is 145 Å². The normalized spacial score (nSPS) is 16.9. The number of rotatable bonds is 5. The highest BCUT2D eigenvalue weighted by Gasteiger charge is 2.27. The van der Waals surface area contributed by atoms with Crippen LogP contribution >= 0.6 is 11.3 Å². The molecule has 1 N–H and O–H groups in total. The van der Waals surface area contributed by atoms with Crippen LogP contribution in [-0.2, 0) is 6.54 Å². The first kappa shape index (κ1) is 16.5. The van der Waals surface area contributed by atoms with Crippen molar-refractivity contribution in [1.29, 1.82) is 0 Å². The zero-order valence-electron chi connectivity index (χ0n) is 13.8. The summed E-state index contributed by atoms with van der Waals surface area (Å²) in [5, 5.41) is 13.1. The molecule has 2 aromatic rings. The molecule has 3 rings (SSSR count). The van der Waals surface area contributed by atoms with Gasteiger partial charge in [-0.15, -0.1) is 21.5 Å². The molecule has 0 bridgehead atoms. The third-order valence-corrected chi connectivity index (χ3v) is 4.67. The molecule has 1 fully saturated rings. The molecule has 3 heterocycles. The lowest BCUT2D eigenvalue weighted by molar-refractivity contribution is 0.182. The quantitative estimate of drug-likeness (QED) is 0.895. The maximum Gasteiger partial charge on any atom is 0.317 e. The van der Waals surface area contributed by atoms with Crippen LogP contribution in [0.1, 0.15) is 11.3 Å². The van der Waals surface area contributed by atoms with E-state index in [1.165, 1.54) is 0 Å². The second-order valence-corrected chi connectivity index (χ2v) is 6.87. The summed E-state index contributed by atoms with van der Waals surface area (Å²) < 4.78 is 5.83. The van der Waals surface area contributed by atoms with Gasteiger partial charge in [-0.25, -0.2) is 4.79 Å². The number of nitrogens with zero attached hydrogens (tertiary/aromatic N) is 4. The molecule has 2 aromatic heterocycles.